The standard InChI is InChI=1S/C16H17BrN2O2/c1-10-8-12(17)4-7-15(10)19-16(21)14(18)9-11-2-5-13(20)6-3-11/h2-8,14,20H,9,18H2,1H3,(H,19,21)/t14-/m0/s1. The molecule has 0 unspecified atom stereocenters. The molecule has 2 aromatic rings. The molecule has 4 N–H and O–H groups in total. The molecule has 110 valence electrons. The Balaban J connectivity index is 2.00. The number of nitrogens with one attached hydrogen (secondary N) is 1. The summed E-state index contributed by atoms with van der Waals surface area (Å²) in [4.78, 5) is 12.1. The molecule has 1 atom stereocenters. The number of aromatic hydroxyl groups is 1. The molecule has 21 heavy (non-hydrogen) atoms. The van der Waals surface area contributed by atoms with Crippen LogP contribution < -0.4 is 11.1 Å². The number of amides is 1. The first-order valence-corrected chi connectivity index (χ1v) is 7.35. The average Bonchev–Trinajstić information content (AvgIpc) is 2.44. The number of phenols is 1. The first kappa shape index (κ1) is 15.5. The molecule has 0 fully saturated rings. The predicted molar refractivity (Wildman–Crippen MR) is 87.3 cm³/mol. The number of carbonyl (C=O) groups is 1. The van der Waals surface area contributed by atoms with Crippen molar-refractivity contribution in [3.8, 4) is 5.75 Å². The Kier molecular flexibility index (Phi) is 4.98. The lowest BCUT2D eigenvalue weighted by Gasteiger charge is -2.14. The molecule has 0 radical (unpaired) electrons. The Hall–Kier alpha value is -1.85. The third-order valence-corrected chi connectivity index (χ3v) is 3.67. The van der Waals surface area contributed by atoms with Crippen LogP contribution >= 0.6 is 15.9 Å². The lowest BCUT2D eigenvalue weighted by atomic mass is 10.1. The van der Waals surface area contributed by atoms with Gasteiger partial charge in [-0.05, 0) is 54.8 Å². The number of hydrogen-bond donors (Lipinski definition) is 3. The highest BCUT2D eigenvalue weighted by molar-refractivity contribution is 9.10. The zero-order valence-corrected chi connectivity index (χ0v) is 13.2. The van der Waals surface area contributed by atoms with Gasteiger partial charge in [0.25, 0.3) is 0 Å². The van der Waals surface area contributed by atoms with Gasteiger partial charge in [-0.2, -0.15) is 0 Å². The molecule has 5 heteroatoms. The fourth-order valence-electron chi connectivity index (χ4n) is 1.97. The fraction of sp³-hybridized carbons (Fsp3) is 0.188. The van der Waals surface area contributed by atoms with E-state index in [0.29, 0.717) is 6.42 Å². The minimum absolute atomic E-state index is 0.197. The maximum Gasteiger partial charge on any atom is 0.241 e. The maximum absolute atomic E-state index is 12.1. The number of aryl methyl sites for hydroxylation is 1. The second-order valence-corrected chi connectivity index (χ2v) is 5.84. The van der Waals surface area contributed by atoms with Crippen molar-refractivity contribution in [3.63, 3.8) is 0 Å². The van der Waals surface area contributed by atoms with E-state index in [1.54, 1.807) is 24.3 Å². The summed E-state index contributed by atoms with van der Waals surface area (Å²) in [6.07, 6.45) is 0.418. The number of carbonyl (C=O) groups excluding carboxylic acids is 1. The van der Waals surface area contributed by atoms with Crippen LogP contribution in [0.15, 0.2) is 46.9 Å². The van der Waals surface area contributed by atoms with E-state index in [-0.39, 0.29) is 11.7 Å². The van der Waals surface area contributed by atoms with Crippen molar-refractivity contribution < 1.29 is 9.90 Å². The quantitative estimate of drug-likeness (QED) is 0.794. The number of anilines is 1. The lowest BCUT2D eigenvalue weighted by molar-refractivity contribution is -0.117. The smallest absolute Gasteiger partial charge is 0.241 e. The molecule has 0 aromatic heterocycles. The Labute approximate surface area is 132 Å². The monoisotopic (exact) mass is 348 g/mol. The summed E-state index contributed by atoms with van der Waals surface area (Å²) in [5, 5.41) is 12.1. The summed E-state index contributed by atoms with van der Waals surface area (Å²) in [5.41, 5.74) is 8.56. The summed E-state index contributed by atoms with van der Waals surface area (Å²) >= 11 is 3.38. The number of hydrogen-bond acceptors (Lipinski definition) is 3. The zero-order valence-electron chi connectivity index (χ0n) is 11.6. The summed E-state index contributed by atoms with van der Waals surface area (Å²) < 4.78 is 0.964. The van der Waals surface area contributed by atoms with Crippen molar-refractivity contribution >= 4 is 27.5 Å². The lowest BCUT2D eigenvalue weighted by Crippen LogP contribution is -2.37. The van der Waals surface area contributed by atoms with Crippen LogP contribution in [0.4, 0.5) is 5.69 Å². The Morgan fingerprint density at radius 3 is 2.57 bits per heavy atom. The van der Waals surface area contributed by atoms with E-state index in [0.717, 1.165) is 21.3 Å². The van der Waals surface area contributed by atoms with Gasteiger partial charge in [-0.15, -0.1) is 0 Å². The zero-order chi connectivity index (χ0) is 15.4. The van der Waals surface area contributed by atoms with Gasteiger partial charge in [0.15, 0.2) is 0 Å². The molecule has 4 nitrogen and oxygen atoms in total. The van der Waals surface area contributed by atoms with E-state index in [4.69, 9.17) is 5.73 Å². The van der Waals surface area contributed by atoms with E-state index in [1.165, 1.54) is 0 Å². The third-order valence-electron chi connectivity index (χ3n) is 3.18. The van der Waals surface area contributed by atoms with Crippen LogP contribution in [0.25, 0.3) is 0 Å². The number of halogens is 1. The minimum Gasteiger partial charge on any atom is -0.508 e. The number of nitrogens with two attached hydrogens (primary N) is 1. The number of phenolic OH excluding ortho intramolecular Hbond substituents is 1. The van der Waals surface area contributed by atoms with Crippen molar-refractivity contribution in [1.82, 2.24) is 0 Å². The summed E-state index contributed by atoms with van der Waals surface area (Å²) in [6.45, 7) is 1.92. The molecule has 0 aliphatic carbocycles. The molecule has 0 bridgehead atoms. The van der Waals surface area contributed by atoms with Crippen LogP contribution in [-0.4, -0.2) is 17.1 Å². The highest BCUT2D eigenvalue weighted by atomic mass is 79.9. The van der Waals surface area contributed by atoms with Gasteiger partial charge in [0, 0.05) is 10.2 Å². The van der Waals surface area contributed by atoms with Crippen LogP contribution in [0.1, 0.15) is 11.1 Å². The van der Waals surface area contributed by atoms with Gasteiger partial charge in [-0.3, -0.25) is 4.79 Å². The van der Waals surface area contributed by atoms with E-state index >= 15 is 0 Å². The number of rotatable bonds is 4. The fourth-order valence-corrected chi connectivity index (χ4v) is 2.45. The van der Waals surface area contributed by atoms with Crippen LogP contribution in [0.5, 0.6) is 5.75 Å². The highest BCUT2D eigenvalue weighted by Gasteiger charge is 2.15. The van der Waals surface area contributed by atoms with Gasteiger partial charge >= 0.3 is 0 Å². The van der Waals surface area contributed by atoms with Crippen LogP contribution in [0.3, 0.4) is 0 Å². The summed E-state index contributed by atoms with van der Waals surface area (Å²) in [5.74, 6) is -0.0317. The van der Waals surface area contributed by atoms with E-state index < -0.39 is 6.04 Å². The molecule has 0 aliphatic heterocycles. The predicted octanol–water partition coefficient (Wildman–Crippen LogP) is 2.97. The molecule has 0 saturated heterocycles. The van der Waals surface area contributed by atoms with Gasteiger partial charge < -0.3 is 16.2 Å². The van der Waals surface area contributed by atoms with Crippen LogP contribution in [0.2, 0.25) is 0 Å². The molecule has 0 aliphatic rings. The van der Waals surface area contributed by atoms with Crippen LogP contribution in [0, 0.1) is 6.92 Å². The Bertz CT molecular complexity index is 641. The number of benzene rings is 2. The molecule has 1 amide bonds. The van der Waals surface area contributed by atoms with E-state index in [2.05, 4.69) is 21.2 Å². The first-order chi connectivity index (χ1) is 9.95. The van der Waals surface area contributed by atoms with Crippen molar-refractivity contribution in [2.45, 2.75) is 19.4 Å². The van der Waals surface area contributed by atoms with Gasteiger partial charge in [0.05, 0.1) is 6.04 Å². The van der Waals surface area contributed by atoms with Crippen molar-refractivity contribution in [2.24, 2.45) is 5.73 Å². The van der Waals surface area contributed by atoms with E-state index in [1.807, 2.05) is 25.1 Å². The van der Waals surface area contributed by atoms with Crippen LogP contribution in [-0.2, 0) is 11.2 Å². The maximum atomic E-state index is 12.1. The topological polar surface area (TPSA) is 75.4 Å². The van der Waals surface area contributed by atoms with Gasteiger partial charge in [-0.1, -0.05) is 28.1 Å². The second-order valence-electron chi connectivity index (χ2n) is 4.93. The molecule has 2 aromatic carbocycles. The Morgan fingerprint density at radius 1 is 1.29 bits per heavy atom. The first-order valence-electron chi connectivity index (χ1n) is 6.56. The Morgan fingerprint density at radius 2 is 1.95 bits per heavy atom. The van der Waals surface area contributed by atoms with E-state index in [9.17, 15) is 9.90 Å². The SMILES string of the molecule is Cc1cc(Br)ccc1NC(=O)[C@@H](N)Cc1ccc(O)cc1. The van der Waals surface area contributed by atoms with Gasteiger partial charge in [0.2, 0.25) is 5.91 Å². The minimum atomic E-state index is -0.641. The largest absolute Gasteiger partial charge is 0.508 e. The molecule has 0 spiro atoms. The van der Waals surface area contributed by atoms with Crippen molar-refractivity contribution in [2.75, 3.05) is 5.32 Å². The molecular weight excluding hydrogens is 332 g/mol. The molecular formula is C16H17BrN2O2. The molecule has 0 heterocycles. The van der Waals surface area contributed by atoms with Gasteiger partial charge in [-0.25, -0.2) is 0 Å². The molecule has 2 rings (SSSR count). The third kappa shape index (κ3) is 4.31. The average molecular weight is 349 g/mol. The molecule has 0 saturated carbocycles. The second kappa shape index (κ2) is 6.74. The van der Waals surface area contributed by atoms with Gasteiger partial charge in [0.1, 0.15) is 5.75 Å². The highest BCUT2D eigenvalue weighted by Crippen LogP contribution is 2.20. The van der Waals surface area contributed by atoms with Crippen molar-refractivity contribution in [3.05, 3.63) is 58.1 Å². The summed E-state index contributed by atoms with van der Waals surface area (Å²) in [6, 6.07) is 11.7. The normalized spacial score (nSPS) is 12.0. The summed E-state index contributed by atoms with van der Waals surface area (Å²) in [7, 11) is 0. The van der Waals surface area contributed by atoms with Crippen molar-refractivity contribution in [1.29, 1.82) is 0 Å².